The molecule has 5 nitrogen and oxygen atoms in total. The van der Waals surface area contributed by atoms with Gasteiger partial charge in [0, 0.05) is 5.02 Å². The molecule has 1 heterocycles. The van der Waals surface area contributed by atoms with E-state index in [0.717, 1.165) is 12.0 Å². The Labute approximate surface area is 141 Å². The molecule has 1 aromatic carbocycles. The number of amides is 1. The van der Waals surface area contributed by atoms with Crippen molar-refractivity contribution in [2.75, 3.05) is 0 Å². The Balaban J connectivity index is 2.04. The number of carboxylic acid groups (broad SMARTS) is 1. The largest absolute Gasteiger partial charge is 0.479 e. The average Bonchev–Trinajstić information content (AvgIpc) is 2.97. The van der Waals surface area contributed by atoms with Crippen LogP contribution in [0.5, 0.6) is 0 Å². The number of carboxylic acids is 1. The predicted octanol–water partition coefficient (Wildman–Crippen LogP) is 3.18. The Morgan fingerprint density at radius 2 is 1.87 bits per heavy atom. The molecule has 0 saturated carbocycles. The smallest absolute Gasteiger partial charge is 0.332 e. The molecule has 23 heavy (non-hydrogen) atoms. The summed E-state index contributed by atoms with van der Waals surface area (Å²) in [6, 6.07) is 7.23. The van der Waals surface area contributed by atoms with Crippen LogP contribution in [0.4, 0.5) is 0 Å². The summed E-state index contributed by atoms with van der Waals surface area (Å²) in [6.45, 7) is 4.17. The Morgan fingerprint density at radius 1 is 1.26 bits per heavy atom. The van der Waals surface area contributed by atoms with E-state index in [1.54, 1.807) is 12.1 Å². The van der Waals surface area contributed by atoms with Gasteiger partial charge in [-0.05, 0) is 42.9 Å². The summed E-state index contributed by atoms with van der Waals surface area (Å²) in [6.07, 6.45) is -0.00776. The number of ether oxygens (including phenoxy) is 1. The van der Waals surface area contributed by atoms with Gasteiger partial charge in [-0.15, -0.1) is 0 Å². The second-order valence-electron chi connectivity index (χ2n) is 6.27. The topological polar surface area (TPSA) is 75.6 Å². The van der Waals surface area contributed by atoms with Crippen LogP contribution in [0.25, 0.3) is 0 Å². The monoisotopic (exact) mass is 339 g/mol. The third-order valence-electron chi connectivity index (χ3n) is 3.88. The Kier molecular flexibility index (Phi) is 6.02. The second-order valence-corrected chi connectivity index (χ2v) is 6.71. The lowest BCUT2D eigenvalue weighted by atomic mass is 9.96. The zero-order valence-electron chi connectivity index (χ0n) is 13.3. The molecule has 1 aliphatic rings. The minimum absolute atomic E-state index is 0.146. The maximum Gasteiger partial charge on any atom is 0.332 e. The molecule has 0 radical (unpaired) electrons. The van der Waals surface area contributed by atoms with Crippen molar-refractivity contribution in [1.82, 2.24) is 5.32 Å². The molecule has 1 aliphatic heterocycles. The summed E-state index contributed by atoms with van der Waals surface area (Å²) < 4.78 is 5.31. The highest BCUT2D eigenvalue weighted by atomic mass is 35.5. The highest BCUT2D eigenvalue weighted by Gasteiger charge is 2.35. The standard InChI is InChI=1S/C17H22ClNO4/c1-10(2)9-13(11-3-5-12(18)6-4-11)19-16(20)14-7-8-15(23-14)17(21)22/h3-6,10,13-15H,7-9H2,1-2H3,(H,19,20)(H,21,22)/t13?,14-,15+/m0/s1. The van der Waals surface area contributed by atoms with Crippen LogP contribution in [-0.4, -0.2) is 29.2 Å². The summed E-state index contributed by atoms with van der Waals surface area (Å²) in [5.41, 5.74) is 0.976. The molecule has 0 aliphatic carbocycles. The zero-order chi connectivity index (χ0) is 17.0. The first-order valence-corrected chi connectivity index (χ1v) is 8.18. The van der Waals surface area contributed by atoms with Crippen molar-refractivity contribution in [3.63, 3.8) is 0 Å². The summed E-state index contributed by atoms with van der Waals surface area (Å²) in [5.74, 6) is -0.877. The number of carbonyl (C=O) groups excluding carboxylic acids is 1. The van der Waals surface area contributed by atoms with E-state index in [0.29, 0.717) is 23.8 Å². The molecule has 3 atom stereocenters. The SMILES string of the molecule is CC(C)CC(NC(=O)[C@@H]1CC[C@H](C(=O)O)O1)c1ccc(Cl)cc1. The van der Waals surface area contributed by atoms with Crippen LogP contribution in [0.1, 0.15) is 44.7 Å². The van der Waals surface area contributed by atoms with Crippen molar-refractivity contribution < 1.29 is 19.4 Å². The number of benzene rings is 1. The maximum absolute atomic E-state index is 12.4. The van der Waals surface area contributed by atoms with E-state index in [1.807, 2.05) is 12.1 Å². The Morgan fingerprint density at radius 3 is 2.39 bits per heavy atom. The number of halogens is 1. The zero-order valence-corrected chi connectivity index (χ0v) is 14.0. The van der Waals surface area contributed by atoms with E-state index < -0.39 is 18.2 Å². The van der Waals surface area contributed by atoms with E-state index >= 15 is 0 Å². The lowest BCUT2D eigenvalue weighted by molar-refractivity contribution is -0.151. The third kappa shape index (κ3) is 4.94. The Bertz CT molecular complexity index is 558. The molecule has 1 aromatic rings. The predicted molar refractivity (Wildman–Crippen MR) is 87.3 cm³/mol. The first kappa shape index (κ1) is 17.8. The van der Waals surface area contributed by atoms with Gasteiger partial charge in [0.2, 0.25) is 5.91 Å². The molecular weight excluding hydrogens is 318 g/mol. The number of nitrogens with one attached hydrogen (secondary N) is 1. The first-order valence-electron chi connectivity index (χ1n) is 7.81. The van der Waals surface area contributed by atoms with Gasteiger partial charge in [-0.2, -0.15) is 0 Å². The maximum atomic E-state index is 12.4. The van der Waals surface area contributed by atoms with Gasteiger partial charge in [0.05, 0.1) is 6.04 Å². The van der Waals surface area contributed by atoms with E-state index in [2.05, 4.69) is 19.2 Å². The van der Waals surface area contributed by atoms with Crippen molar-refractivity contribution in [3.05, 3.63) is 34.9 Å². The van der Waals surface area contributed by atoms with Crippen molar-refractivity contribution >= 4 is 23.5 Å². The summed E-state index contributed by atoms with van der Waals surface area (Å²) >= 11 is 5.91. The van der Waals surface area contributed by atoms with E-state index in [-0.39, 0.29) is 11.9 Å². The molecule has 2 rings (SSSR count). The van der Waals surface area contributed by atoms with Crippen molar-refractivity contribution in [2.24, 2.45) is 5.92 Å². The van der Waals surface area contributed by atoms with Gasteiger partial charge in [-0.25, -0.2) is 4.79 Å². The number of hydrogen-bond acceptors (Lipinski definition) is 3. The molecule has 0 aromatic heterocycles. The fourth-order valence-electron chi connectivity index (χ4n) is 2.72. The minimum atomic E-state index is -1.02. The van der Waals surface area contributed by atoms with Crippen LogP contribution in [-0.2, 0) is 14.3 Å². The molecule has 0 spiro atoms. The minimum Gasteiger partial charge on any atom is -0.479 e. The van der Waals surface area contributed by atoms with Gasteiger partial charge in [0.25, 0.3) is 0 Å². The van der Waals surface area contributed by atoms with Gasteiger partial charge in [0.1, 0.15) is 6.10 Å². The lowest BCUT2D eigenvalue weighted by Crippen LogP contribution is -2.38. The molecule has 1 unspecified atom stereocenters. The average molecular weight is 340 g/mol. The molecule has 1 saturated heterocycles. The Hall–Kier alpha value is -1.59. The van der Waals surface area contributed by atoms with E-state index in [9.17, 15) is 9.59 Å². The number of rotatable bonds is 6. The summed E-state index contributed by atoms with van der Waals surface area (Å²) in [4.78, 5) is 23.3. The normalized spacial score (nSPS) is 22.1. The number of hydrogen-bond donors (Lipinski definition) is 2. The fourth-order valence-corrected chi connectivity index (χ4v) is 2.85. The molecule has 126 valence electrons. The van der Waals surface area contributed by atoms with E-state index in [1.165, 1.54) is 0 Å². The molecule has 2 N–H and O–H groups in total. The van der Waals surface area contributed by atoms with Crippen LogP contribution >= 0.6 is 11.6 Å². The van der Waals surface area contributed by atoms with Crippen molar-refractivity contribution in [3.8, 4) is 0 Å². The van der Waals surface area contributed by atoms with Crippen molar-refractivity contribution in [1.29, 1.82) is 0 Å². The van der Waals surface area contributed by atoms with Gasteiger partial charge >= 0.3 is 5.97 Å². The quantitative estimate of drug-likeness (QED) is 0.834. The van der Waals surface area contributed by atoms with Crippen LogP contribution in [0, 0.1) is 5.92 Å². The van der Waals surface area contributed by atoms with Crippen LogP contribution in [0.3, 0.4) is 0 Å². The highest BCUT2D eigenvalue weighted by Crippen LogP contribution is 2.25. The van der Waals surface area contributed by atoms with Crippen LogP contribution in [0.15, 0.2) is 24.3 Å². The van der Waals surface area contributed by atoms with Gasteiger partial charge in [-0.1, -0.05) is 37.6 Å². The molecule has 0 bridgehead atoms. The lowest BCUT2D eigenvalue weighted by Gasteiger charge is -2.23. The van der Waals surface area contributed by atoms with Gasteiger partial charge < -0.3 is 15.2 Å². The van der Waals surface area contributed by atoms with Crippen LogP contribution in [0.2, 0.25) is 5.02 Å². The van der Waals surface area contributed by atoms with E-state index in [4.69, 9.17) is 21.4 Å². The molecular formula is C17H22ClNO4. The summed E-state index contributed by atoms with van der Waals surface area (Å²) in [5, 5.41) is 12.6. The van der Waals surface area contributed by atoms with Crippen molar-refractivity contribution in [2.45, 2.75) is 51.4 Å². The molecule has 1 fully saturated rings. The van der Waals surface area contributed by atoms with Crippen LogP contribution < -0.4 is 5.32 Å². The number of aliphatic carboxylic acids is 1. The third-order valence-corrected chi connectivity index (χ3v) is 4.14. The highest BCUT2D eigenvalue weighted by molar-refractivity contribution is 6.30. The van der Waals surface area contributed by atoms with Gasteiger partial charge in [-0.3, -0.25) is 4.79 Å². The second kappa shape index (κ2) is 7.79. The molecule has 1 amide bonds. The van der Waals surface area contributed by atoms with Gasteiger partial charge in [0.15, 0.2) is 6.10 Å². The first-order chi connectivity index (χ1) is 10.9. The molecule has 6 heteroatoms. The number of carbonyl (C=O) groups is 2. The fraction of sp³-hybridized carbons (Fsp3) is 0.529. The summed E-state index contributed by atoms with van der Waals surface area (Å²) in [7, 11) is 0.